The quantitative estimate of drug-likeness (QED) is 0.274. The van der Waals surface area contributed by atoms with Crippen molar-refractivity contribution in [2.45, 2.75) is 57.7 Å². The third kappa shape index (κ3) is 5.77. The van der Waals surface area contributed by atoms with Gasteiger partial charge in [0.1, 0.15) is 22.4 Å². The maximum atomic E-state index is 13.3. The van der Waals surface area contributed by atoms with Crippen molar-refractivity contribution in [3.8, 4) is 10.6 Å². The van der Waals surface area contributed by atoms with Gasteiger partial charge in [0.25, 0.3) is 0 Å². The number of rotatable bonds is 9. The molecule has 4 rings (SSSR count). The predicted octanol–water partition coefficient (Wildman–Crippen LogP) is 2.66. The lowest BCUT2D eigenvalue weighted by molar-refractivity contribution is -0.214. The van der Waals surface area contributed by atoms with E-state index >= 15 is 0 Å². The molecule has 5 atom stereocenters. The summed E-state index contributed by atoms with van der Waals surface area (Å²) in [5.41, 5.74) is 2.39. The summed E-state index contributed by atoms with van der Waals surface area (Å²) in [6.45, 7) is 3.98. The highest BCUT2D eigenvalue weighted by Gasteiger charge is 2.42. The van der Waals surface area contributed by atoms with Crippen LogP contribution in [0.3, 0.4) is 0 Å². The average Bonchev–Trinajstić information content (AvgIpc) is 3.38. The van der Waals surface area contributed by atoms with E-state index < -0.39 is 43.0 Å². The van der Waals surface area contributed by atoms with Gasteiger partial charge in [-0.2, -0.15) is 18.2 Å². The van der Waals surface area contributed by atoms with Gasteiger partial charge in [-0.05, 0) is 33.3 Å². The van der Waals surface area contributed by atoms with Gasteiger partial charge in [-0.1, -0.05) is 0 Å². The lowest BCUT2D eigenvalue weighted by atomic mass is 10.1. The van der Waals surface area contributed by atoms with Gasteiger partial charge in [0.05, 0.1) is 40.3 Å². The highest BCUT2D eigenvalue weighted by atomic mass is 32.1. The predicted molar refractivity (Wildman–Crippen MR) is 132 cm³/mol. The summed E-state index contributed by atoms with van der Waals surface area (Å²) in [6, 6.07) is 1.16. The van der Waals surface area contributed by atoms with Gasteiger partial charge >= 0.3 is 6.18 Å². The number of halogens is 3. The molecule has 0 aliphatic heterocycles. The van der Waals surface area contributed by atoms with Crippen LogP contribution in [-0.2, 0) is 4.74 Å². The number of thiazole rings is 1. The number of pyridine rings is 1. The molecule has 0 radical (unpaired) electrons. The minimum absolute atomic E-state index is 0.0663. The molecule has 37 heavy (non-hydrogen) atoms. The molecule has 10 nitrogen and oxygen atoms in total. The summed E-state index contributed by atoms with van der Waals surface area (Å²) in [6.07, 6.45) is -7.01. The van der Waals surface area contributed by atoms with Crippen molar-refractivity contribution < 1.29 is 33.2 Å². The molecule has 3 aromatic rings. The summed E-state index contributed by atoms with van der Waals surface area (Å²) in [4.78, 5) is 17.8. The summed E-state index contributed by atoms with van der Waals surface area (Å²) in [5.74, 6) is -0.371. The zero-order valence-electron chi connectivity index (χ0n) is 20.5. The molecule has 3 heterocycles. The SMILES string of the molecule is CCO[C@@H](CNc1nc(C)c(-c2nc3c(C)nccc3s2)c(N[C@@H]2C[C@H](CO)[C@@H](O)[C@H]2O)n1)C(F)(F)F. The lowest BCUT2D eigenvalue weighted by Crippen LogP contribution is -2.38. The van der Waals surface area contributed by atoms with Gasteiger partial charge in [-0.15, -0.1) is 11.3 Å². The van der Waals surface area contributed by atoms with Crippen LogP contribution in [0.4, 0.5) is 24.9 Å². The Bertz CT molecular complexity index is 1240. The molecular weight excluding hydrogens is 513 g/mol. The third-order valence-electron chi connectivity index (χ3n) is 6.33. The number of alkyl halides is 3. The fraction of sp³-hybridized carbons (Fsp3) is 0.565. The molecule has 1 aliphatic carbocycles. The van der Waals surface area contributed by atoms with Crippen molar-refractivity contribution >= 4 is 33.3 Å². The molecule has 202 valence electrons. The van der Waals surface area contributed by atoms with Crippen molar-refractivity contribution in [3.05, 3.63) is 23.7 Å². The smallest absolute Gasteiger partial charge is 0.396 e. The van der Waals surface area contributed by atoms with Crippen molar-refractivity contribution in [1.82, 2.24) is 19.9 Å². The van der Waals surface area contributed by atoms with Crippen molar-refractivity contribution in [2.75, 3.05) is 30.4 Å². The van der Waals surface area contributed by atoms with Crippen LogP contribution in [0.5, 0.6) is 0 Å². The van der Waals surface area contributed by atoms with E-state index in [9.17, 15) is 28.5 Å². The van der Waals surface area contributed by atoms with Crippen LogP contribution in [0, 0.1) is 19.8 Å². The van der Waals surface area contributed by atoms with E-state index in [2.05, 4.69) is 25.6 Å². The third-order valence-corrected chi connectivity index (χ3v) is 7.37. The average molecular weight is 543 g/mol. The Morgan fingerprint density at radius 1 is 1.16 bits per heavy atom. The number of aryl methyl sites for hydroxylation is 2. The molecule has 1 fully saturated rings. The molecule has 0 amide bonds. The van der Waals surface area contributed by atoms with E-state index in [1.54, 1.807) is 13.1 Å². The summed E-state index contributed by atoms with van der Waals surface area (Å²) < 4.78 is 45.6. The summed E-state index contributed by atoms with van der Waals surface area (Å²) in [5, 5.41) is 36.7. The van der Waals surface area contributed by atoms with Gasteiger partial charge in [-0.3, -0.25) is 4.98 Å². The first-order valence-electron chi connectivity index (χ1n) is 11.8. The number of hydrogen-bond donors (Lipinski definition) is 5. The van der Waals surface area contributed by atoms with Gasteiger partial charge in [0.2, 0.25) is 5.95 Å². The number of fused-ring (bicyclic) bond motifs is 1. The molecule has 0 spiro atoms. The largest absolute Gasteiger partial charge is 0.416 e. The first kappa shape index (κ1) is 27.4. The Kier molecular flexibility index (Phi) is 8.14. The first-order chi connectivity index (χ1) is 17.5. The van der Waals surface area contributed by atoms with Gasteiger partial charge in [0, 0.05) is 25.3 Å². The molecule has 0 saturated heterocycles. The van der Waals surface area contributed by atoms with Crippen LogP contribution in [0.2, 0.25) is 0 Å². The van der Waals surface area contributed by atoms with Crippen LogP contribution in [-0.4, -0.2) is 85.5 Å². The summed E-state index contributed by atoms with van der Waals surface area (Å²) in [7, 11) is 0. The molecule has 1 saturated carbocycles. The molecule has 5 N–H and O–H groups in total. The van der Waals surface area contributed by atoms with Crippen LogP contribution >= 0.6 is 11.3 Å². The molecule has 0 unspecified atom stereocenters. The second-order valence-corrected chi connectivity index (χ2v) is 9.93. The van der Waals surface area contributed by atoms with E-state index in [-0.39, 0.29) is 31.4 Å². The van der Waals surface area contributed by atoms with Gasteiger partial charge in [0.15, 0.2) is 6.10 Å². The Balaban J connectivity index is 1.72. The first-order valence-corrected chi connectivity index (χ1v) is 12.6. The highest BCUT2D eigenvalue weighted by Crippen LogP contribution is 2.38. The maximum absolute atomic E-state index is 13.3. The van der Waals surface area contributed by atoms with E-state index in [4.69, 9.17) is 9.72 Å². The van der Waals surface area contributed by atoms with E-state index in [1.807, 2.05) is 13.0 Å². The zero-order valence-corrected chi connectivity index (χ0v) is 21.3. The van der Waals surface area contributed by atoms with Crippen LogP contribution < -0.4 is 10.6 Å². The standard InChI is InChI=1S/C23H29F3N6O4S/c1-4-36-15(23(24,25)26)8-28-22-29-10(2)16(21-31-17-11(3)27-6-5-14(17)37-21)20(32-22)30-13-7-12(9-33)18(34)19(13)35/h5-6,12-13,15,18-19,33-35H,4,7-9H2,1-3H3,(H2,28,29,30,32)/t12-,13-,15+,18-,19+/m1/s1. The second-order valence-electron chi connectivity index (χ2n) is 8.90. The molecular formula is C23H29F3N6O4S. The second kappa shape index (κ2) is 11.0. The zero-order chi connectivity index (χ0) is 26.9. The topological polar surface area (TPSA) is 146 Å². The van der Waals surface area contributed by atoms with E-state index in [0.29, 0.717) is 21.8 Å². The van der Waals surface area contributed by atoms with Crippen molar-refractivity contribution in [2.24, 2.45) is 5.92 Å². The number of nitrogens with zero attached hydrogens (tertiary/aromatic N) is 4. The number of aromatic nitrogens is 4. The highest BCUT2D eigenvalue weighted by molar-refractivity contribution is 7.21. The summed E-state index contributed by atoms with van der Waals surface area (Å²) >= 11 is 1.38. The normalized spacial score (nSPS) is 22.9. The minimum Gasteiger partial charge on any atom is -0.396 e. The number of hydrogen-bond acceptors (Lipinski definition) is 11. The molecule has 3 aromatic heterocycles. The van der Waals surface area contributed by atoms with E-state index in [0.717, 1.165) is 10.4 Å². The number of anilines is 2. The Labute approximate surface area is 215 Å². The van der Waals surface area contributed by atoms with Crippen LogP contribution in [0.1, 0.15) is 24.7 Å². The fourth-order valence-corrected chi connectivity index (χ4v) is 5.49. The van der Waals surface area contributed by atoms with Gasteiger partial charge in [-0.25, -0.2) is 9.97 Å². The molecule has 0 bridgehead atoms. The Morgan fingerprint density at radius 2 is 1.92 bits per heavy atom. The Morgan fingerprint density at radius 3 is 2.54 bits per heavy atom. The lowest BCUT2D eigenvalue weighted by Gasteiger charge is -2.23. The monoisotopic (exact) mass is 542 g/mol. The number of nitrogens with one attached hydrogen (secondary N) is 2. The number of aliphatic hydroxyl groups excluding tert-OH is 3. The van der Waals surface area contributed by atoms with Crippen molar-refractivity contribution in [1.29, 1.82) is 0 Å². The molecule has 0 aromatic carbocycles. The van der Waals surface area contributed by atoms with E-state index in [1.165, 1.54) is 18.3 Å². The minimum atomic E-state index is -4.57. The van der Waals surface area contributed by atoms with Crippen LogP contribution in [0.15, 0.2) is 12.3 Å². The van der Waals surface area contributed by atoms with Crippen LogP contribution in [0.25, 0.3) is 20.8 Å². The number of aliphatic hydroxyl groups is 3. The Hall–Kier alpha value is -2.65. The fourth-order valence-electron chi connectivity index (χ4n) is 4.38. The molecule has 14 heteroatoms. The molecule has 1 aliphatic rings. The van der Waals surface area contributed by atoms with Crippen molar-refractivity contribution in [3.63, 3.8) is 0 Å². The maximum Gasteiger partial charge on any atom is 0.416 e. The number of ether oxygens (including phenoxy) is 1. The van der Waals surface area contributed by atoms with Gasteiger partial charge < -0.3 is 30.7 Å².